The van der Waals surface area contributed by atoms with Crippen molar-refractivity contribution in [1.29, 1.82) is 0 Å². The highest BCUT2D eigenvalue weighted by Gasteiger charge is 2.21. The van der Waals surface area contributed by atoms with E-state index < -0.39 is 32.5 Å². The van der Waals surface area contributed by atoms with Crippen molar-refractivity contribution in [2.45, 2.75) is 219 Å². The first-order valence-corrected chi connectivity index (χ1v) is 24.4. The van der Waals surface area contributed by atoms with Crippen LogP contribution in [0.15, 0.2) is 12.2 Å². The summed E-state index contributed by atoms with van der Waals surface area (Å²) in [6.45, 7) is 4.23. The number of quaternary nitrogens is 1. The lowest BCUT2D eigenvalue weighted by Crippen LogP contribution is -2.37. The summed E-state index contributed by atoms with van der Waals surface area (Å²) in [5.41, 5.74) is 0. The Balaban J connectivity index is 4.33. The van der Waals surface area contributed by atoms with Crippen molar-refractivity contribution in [2.24, 2.45) is 0 Å². The van der Waals surface area contributed by atoms with E-state index in [1.165, 1.54) is 141 Å². The van der Waals surface area contributed by atoms with Crippen molar-refractivity contribution >= 4 is 19.8 Å². The molecule has 0 saturated heterocycles. The van der Waals surface area contributed by atoms with Gasteiger partial charge in [0.25, 0.3) is 7.82 Å². The van der Waals surface area contributed by atoms with Crippen molar-refractivity contribution in [3.8, 4) is 0 Å². The maximum Gasteiger partial charge on any atom is 0.306 e. The number of hydrogen-bond donors (Lipinski definition) is 0. The average molecular weight is 802 g/mol. The Morgan fingerprint density at radius 1 is 0.545 bits per heavy atom. The van der Waals surface area contributed by atoms with Crippen molar-refractivity contribution in [3.05, 3.63) is 12.2 Å². The van der Waals surface area contributed by atoms with E-state index in [1.807, 2.05) is 21.1 Å². The summed E-state index contributed by atoms with van der Waals surface area (Å²) in [7, 11) is 1.17. The van der Waals surface area contributed by atoms with Crippen LogP contribution in [0.2, 0.25) is 0 Å². The van der Waals surface area contributed by atoms with Gasteiger partial charge < -0.3 is 27.9 Å². The van der Waals surface area contributed by atoms with E-state index in [9.17, 15) is 19.0 Å². The number of carbonyl (C=O) groups excluding carboxylic acids is 2. The first-order chi connectivity index (χ1) is 26.5. The second-order valence-electron chi connectivity index (χ2n) is 16.8. The monoisotopic (exact) mass is 802 g/mol. The number of ether oxygens (including phenoxy) is 2. The van der Waals surface area contributed by atoms with E-state index in [2.05, 4.69) is 26.0 Å². The first kappa shape index (κ1) is 53.8. The van der Waals surface area contributed by atoms with E-state index in [4.69, 9.17) is 18.5 Å². The molecule has 0 aromatic heterocycles. The minimum absolute atomic E-state index is 0.0303. The molecule has 0 amide bonds. The fourth-order valence-corrected chi connectivity index (χ4v) is 7.14. The van der Waals surface area contributed by atoms with Gasteiger partial charge in [0.1, 0.15) is 19.8 Å². The predicted molar refractivity (Wildman–Crippen MR) is 227 cm³/mol. The molecular weight excluding hydrogens is 713 g/mol. The number of hydrogen-bond acceptors (Lipinski definition) is 8. The Morgan fingerprint density at radius 3 is 1.38 bits per heavy atom. The fourth-order valence-electron chi connectivity index (χ4n) is 6.41. The van der Waals surface area contributed by atoms with Crippen LogP contribution in [0.4, 0.5) is 0 Å². The van der Waals surface area contributed by atoms with Gasteiger partial charge in [-0.2, -0.15) is 0 Å². The molecule has 0 N–H and O–H groups in total. The minimum atomic E-state index is -4.62. The van der Waals surface area contributed by atoms with Crippen LogP contribution in [0.1, 0.15) is 213 Å². The quantitative estimate of drug-likeness (QED) is 0.0197. The van der Waals surface area contributed by atoms with Gasteiger partial charge >= 0.3 is 11.9 Å². The molecule has 0 aromatic rings. The smallest absolute Gasteiger partial charge is 0.306 e. The molecule has 0 heterocycles. The fraction of sp³-hybridized carbons (Fsp3) is 0.911. The topological polar surface area (TPSA) is 111 Å². The number of esters is 2. The van der Waals surface area contributed by atoms with Gasteiger partial charge in [-0.3, -0.25) is 14.2 Å². The zero-order valence-electron chi connectivity index (χ0n) is 36.6. The third-order valence-electron chi connectivity index (χ3n) is 10.0. The maximum atomic E-state index is 12.7. The lowest BCUT2D eigenvalue weighted by atomic mass is 10.0. The molecule has 0 spiro atoms. The summed E-state index contributed by atoms with van der Waals surface area (Å²) in [5, 5.41) is 0. The first-order valence-electron chi connectivity index (χ1n) is 22.9. The molecule has 0 bridgehead atoms. The van der Waals surface area contributed by atoms with Gasteiger partial charge in [0, 0.05) is 12.8 Å². The summed E-state index contributed by atoms with van der Waals surface area (Å²) < 4.78 is 33.9. The van der Waals surface area contributed by atoms with Crippen LogP contribution in [0.5, 0.6) is 0 Å². The lowest BCUT2D eigenvalue weighted by molar-refractivity contribution is -0.870. The summed E-state index contributed by atoms with van der Waals surface area (Å²) in [6, 6.07) is 0. The van der Waals surface area contributed by atoms with Crippen LogP contribution >= 0.6 is 7.82 Å². The Hall–Kier alpha value is -1.25. The molecule has 0 aliphatic carbocycles. The van der Waals surface area contributed by atoms with Crippen LogP contribution in [0, 0.1) is 0 Å². The van der Waals surface area contributed by atoms with Crippen LogP contribution < -0.4 is 4.89 Å². The van der Waals surface area contributed by atoms with Crippen LogP contribution in [0.25, 0.3) is 0 Å². The summed E-state index contributed by atoms with van der Waals surface area (Å²) in [4.78, 5) is 37.5. The molecule has 0 rings (SSSR count). The standard InChI is InChI=1S/C45H88NO8P/c1-6-8-10-12-14-16-18-20-22-24-26-28-30-32-34-36-38-45(48)54-43(42-53-55(49,50)52-40-39-46(3,4)5)41-51-44(47)37-35-33-31-29-27-25-23-21-19-17-15-13-11-9-7-2/h27,29,43H,6-26,28,30-42H2,1-5H3/b29-27+/t43-/m1/s1. The summed E-state index contributed by atoms with van der Waals surface area (Å²) in [5.74, 6) is -0.849. The molecule has 9 nitrogen and oxygen atoms in total. The summed E-state index contributed by atoms with van der Waals surface area (Å²) >= 11 is 0. The van der Waals surface area contributed by atoms with Crippen LogP contribution in [0.3, 0.4) is 0 Å². The number of nitrogens with zero attached hydrogens (tertiary/aromatic N) is 1. The molecule has 1 unspecified atom stereocenters. The molecule has 0 saturated carbocycles. The molecule has 0 aliphatic heterocycles. The number of unbranched alkanes of at least 4 members (excludes halogenated alkanes) is 26. The normalized spacial score (nSPS) is 13.6. The van der Waals surface area contributed by atoms with Crippen molar-refractivity contribution < 1.29 is 42.1 Å². The van der Waals surface area contributed by atoms with E-state index in [0.29, 0.717) is 23.9 Å². The number of phosphoric acid groups is 1. The second kappa shape index (κ2) is 38.3. The maximum absolute atomic E-state index is 12.7. The number of rotatable bonds is 42. The van der Waals surface area contributed by atoms with Crippen molar-refractivity contribution in [1.82, 2.24) is 0 Å². The van der Waals surface area contributed by atoms with Crippen LogP contribution in [-0.2, 0) is 32.7 Å². The highest BCUT2D eigenvalue weighted by atomic mass is 31.2. The number of allylic oxidation sites excluding steroid dienone is 2. The van der Waals surface area contributed by atoms with E-state index in [0.717, 1.165) is 32.1 Å². The molecular formula is C45H88NO8P. The Bertz CT molecular complexity index is 954. The summed E-state index contributed by atoms with van der Waals surface area (Å²) in [6.07, 6.45) is 39.5. The SMILES string of the molecule is CCCCCCCCCCC/C=C/CCCCC(=O)OC[C@H](COP(=O)([O-])OCC[N+](C)(C)C)OC(=O)CCCCCCCCCCCCCCCCCC. The van der Waals surface area contributed by atoms with Crippen LogP contribution in [-0.4, -0.2) is 70.0 Å². The number of phosphoric ester groups is 1. The molecule has 0 aromatic carbocycles. The minimum Gasteiger partial charge on any atom is -0.756 e. The largest absolute Gasteiger partial charge is 0.756 e. The Kier molecular flexibility index (Phi) is 37.4. The second-order valence-corrected chi connectivity index (χ2v) is 18.2. The van der Waals surface area contributed by atoms with Gasteiger partial charge in [0.15, 0.2) is 6.10 Å². The van der Waals surface area contributed by atoms with E-state index in [-0.39, 0.29) is 26.1 Å². The van der Waals surface area contributed by atoms with E-state index >= 15 is 0 Å². The van der Waals surface area contributed by atoms with Gasteiger partial charge in [0.2, 0.25) is 0 Å². The molecule has 0 fully saturated rings. The zero-order valence-corrected chi connectivity index (χ0v) is 37.5. The van der Waals surface area contributed by atoms with Gasteiger partial charge in [-0.05, 0) is 38.5 Å². The highest BCUT2D eigenvalue weighted by molar-refractivity contribution is 7.45. The average Bonchev–Trinajstić information content (AvgIpc) is 3.13. The zero-order chi connectivity index (χ0) is 40.7. The Morgan fingerprint density at radius 2 is 0.927 bits per heavy atom. The van der Waals surface area contributed by atoms with Gasteiger partial charge in [-0.15, -0.1) is 0 Å². The van der Waals surface area contributed by atoms with Gasteiger partial charge in [0.05, 0.1) is 27.7 Å². The Labute approximate surface area is 339 Å². The van der Waals surface area contributed by atoms with E-state index in [1.54, 1.807) is 0 Å². The predicted octanol–water partition coefficient (Wildman–Crippen LogP) is 12.3. The number of carbonyl (C=O) groups is 2. The molecule has 0 radical (unpaired) electrons. The molecule has 0 aliphatic rings. The third-order valence-corrected chi connectivity index (χ3v) is 11.0. The van der Waals surface area contributed by atoms with Crippen molar-refractivity contribution in [2.75, 3.05) is 47.5 Å². The number of likely N-dealkylation sites (N-methyl/N-ethyl adjacent to an activating group) is 1. The molecule has 10 heteroatoms. The lowest BCUT2D eigenvalue weighted by Gasteiger charge is -2.28. The molecule has 326 valence electrons. The van der Waals surface area contributed by atoms with Gasteiger partial charge in [-0.1, -0.05) is 174 Å². The molecule has 55 heavy (non-hydrogen) atoms. The van der Waals surface area contributed by atoms with Crippen molar-refractivity contribution in [3.63, 3.8) is 0 Å². The third kappa shape index (κ3) is 42.2. The highest BCUT2D eigenvalue weighted by Crippen LogP contribution is 2.38. The molecule has 2 atom stereocenters. The van der Waals surface area contributed by atoms with Gasteiger partial charge in [-0.25, -0.2) is 0 Å².